The van der Waals surface area contributed by atoms with Gasteiger partial charge in [-0.25, -0.2) is 0 Å². The van der Waals surface area contributed by atoms with Gasteiger partial charge in [-0.05, 0) is 69.8 Å². The summed E-state index contributed by atoms with van der Waals surface area (Å²) in [6.07, 6.45) is 3.94. The molecule has 0 aliphatic carbocycles. The Morgan fingerprint density at radius 2 is 1.42 bits per heavy atom. The van der Waals surface area contributed by atoms with Crippen LogP contribution in [0.25, 0.3) is 64.6 Å². The largest absolute Gasteiger partial charge is 0.457 e. The Balaban J connectivity index is 0.000000181. The average molecular weight is 797 g/mol. The van der Waals surface area contributed by atoms with Crippen LogP contribution in [0.5, 0.6) is 0 Å². The van der Waals surface area contributed by atoms with Crippen LogP contribution < -0.4 is 5.19 Å². The van der Waals surface area contributed by atoms with Gasteiger partial charge < -0.3 is 14.4 Å². The summed E-state index contributed by atoms with van der Waals surface area (Å²) in [4.78, 5) is 9.29. The fourth-order valence-electron chi connectivity index (χ4n) is 5.50. The number of thiophene rings is 1. The second kappa shape index (κ2) is 12.5. The molecular weight excluding hydrogens is 765 g/mol. The topological polar surface area (TPSA) is 38.9 Å². The summed E-state index contributed by atoms with van der Waals surface area (Å²) in [5.41, 5.74) is 8.25. The fraction of sp³-hybridized carbons (Fsp3) is 0.128. The van der Waals surface area contributed by atoms with Gasteiger partial charge in [-0.2, -0.15) is 11.3 Å². The maximum Gasteiger partial charge on any atom is 0.135 e. The number of furan rings is 1. The van der Waals surface area contributed by atoms with Gasteiger partial charge in [0, 0.05) is 48.0 Å². The Morgan fingerprint density at radius 1 is 0.667 bits per heavy atom. The van der Waals surface area contributed by atoms with Crippen molar-refractivity contribution in [2.24, 2.45) is 0 Å². The summed E-state index contributed by atoms with van der Waals surface area (Å²) in [6, 6.07) is 38.0. The molecule has 3 nitrogen and oxygen atoms in total. The van der Waals surface area contributed by atoms with Crippen LogP contribution in [0.2, 0.25) is 19.6 Å². The molecule has 4 heterocycles. The Kier molecular flexibility index (Phi) is 8.60. The molecule has 1 radical (unpaired) electrons. The Hall–Kier alpha value is -3.93. The molecule has 0 amide bonds. The molecule has 0 fully saturated rings. The number of benzene rings is 4. The van der Waals surface area contributed by atoms with E-state index in [1.54, 1.807) is 0 Å². The summed E-state index contributed by atoms with van der Waals surface area (Å²) in [6.45, 7) is 11.2. The third-order valence-corrected chi connectivity index (χ3v) is 11.2. The monoisotopic (exact) mass is 797 g/mol. The molecule has 6 heteroatoms. The second-order valence-electron chi connectivity index (χ2n) is 12.3. The van der Waals surface area contributed by atoms with Crippen molar-refractivity contribution >= 4 is 66.7 Å². The molecule has 0 bridgehead atoms. The van der Waals surface area contributed by atoms with Crippen molar-refractivity contribution in [1.29, 1.82) is 0 Å². The summed E-state index contributed by atoms with van der Waals surface area (Å²) in [7, 11) is -1.23. The average Bonchev–Trinajstić information content (AvgIpc) is 3.58. The molecular formula is C39H32IrN2OSSi-2. The maximum atomic E-state index is 6.13. The normalized spacial score (nSPS) is 11.5. The molecule has 0 spiro atoms. The first-order valence-electron chi connectivity index (χ1n) is 14.8. The van der Waals surface area contributed by atoms with Crippen LogP contribution in [0.15, 0.2) is 108 Å². The first-order chi connectivity index (χ1) is 21.2. The van der Waals surface area contributed by atoms with Crippen LogP contribution in [-0.4, -0.2) is 18.0 Å². The van der Waals surface area contributed by atoms with Crippen molar-refractivity contribution in [3.63, 3.8) is 0 Å². The quantitative estimate of drug-likeness (QED) is 0.132. The van der Waals surface area contributed by atoms with Crippen molar-refractivity contribution in [1.82, 2.24) is 9.97 Å². The van der Waals surface area contributed by atoms with Crippen LogP contribution in [0.4, 0.5) is 0 Å². The van der Waals surface area contributed by atoms with Gasteiger partial charge in [-0.15, -0.1) is 59.7 Å². The van der Waals surface area contributed by atoms with Crippen LogP contribution in [0, 0.1) is 26.0 Å². The SMILES string of the molecule is C[Si](C)(C)c1ccc(-c2[c-]cccc2)nc1.Cc1ccc2c(c1)oc1cc(-c3[c-]ccc4c3sc3cc(C)ccc34)ncc12.[Ir]. The molecule has 0 saturated heterocycles. The third-order valence-electron chi connectivity index (χ3n) is 7.97. The molecule has 0 aliphatic heterocycles. The van der Waals surface area contributed by atoms with E-state index in [4.69, 9.17) is 9.40 Å². The predicted molar refractivity (Wildman–Crippen MR) is 190 cm³/mol. The van der Waals surface area contributed by atoms with E-state index >= 15 is 0 Å². The zero-order chi connectivity index (χ0) is 30.4. The van der Waals surface area contributed by atoms with Gasteiger partial charge in [-0.3, -0.25) is 0 Å². The standard InChI is InChI=1S/C25H16NOS.C14H16NSi.Ir/c1-14-6-8-16-20-13-26-21(12-23(20)27-22(16)10-14)19-5-3-4-18-17-9-7-15(2)11-24(17)28-25(18)19;1-16(2,3)13-9-10-14(15-11-13)12-7-5-4-6-8-12;/h3-4,6-13H,1-2H3;4-7,9-11H,1-3H3;/q2*-1;. The number of nitrogens with zero attached hydrogens (tertiary/aromatic N) is 2. The second-order valence-corrected chi connectivity index (χ2v) is 18.5. The van der Waals surface area contributed by atoms with Gasteiger partial charge in [0.25, 0.3) is 0 Å². The molecule has 8 rings (SSSR count). The molecule has 0 saturated carbocycles. The van der Waals surface area contributed by atoms with Crippen LogP contribution in [0.1, 0.15) is 11.1 Å². The number of aromatic nitrogens is 2. The number of hydrogen-bond acceptors (Lipinski definition) is 4. The van der Waals surface area contributed by atoms with Crippen LogP contribution in [0.3, 0.4) is 0 Å². The number of aryl methyl sites for hydroxylation is 2. The molecule has 4 aromatic carbocycles. The van der Waals surface area contributed by atoms with Gasteiger partial charge in [0.2, 0.25) is 0 Å². The first kappa shape index (κ1) is 31.1. The van der Waals surface area contributed by atoms with Gasteiger partial charge in [0.1, 0.15) is 11.2 Å². The predicted octanol–water partition coefficient (Wildman–Crippen LogP) is 10.5. The van der Waals surface area contributed by atoms with Gasteiger partial charge in [0.05, 0.1) is 8.07 Å². The summed E-state index contributed by atoms with van der Waals surface area (Å²) >= 11 is 1.81. The third kappa shape index (κ3) is 6.16. The van der Waals surface area contributed by atoms with Gasteiger partial charge >= 0.3 is 0 Å². The fourth-order valence-corrected chi connectivity index (χ4v) is 7.85. The number of rotatable bonds is 3. The molecule has 0 atom stereocenters. The van der Waals surface area contributed by atoms with Gasteiger partial charge in [-0.1, -0.05) is 61.4 Å². The number of fused-ring (bicyclic) bond motifs is 6. The van der Waals surface area contributed by atoms with E-state index in [1.807, 2.05) is 60.1 Å². The van der Waals surface area contributed by atoms with E-state index in [0.29, 0.717) is 0 Å². The number of hydrogen-bond donors (Lipinski definition) is 0. The molecule has 0 N–H and O–H groups in total. The minimum atomic E-state index is -1.23. The van der Waals surface area contributed by atoms with Crippen molar-refractivity contribution in [3.05, 3.63) is 127 Å². The Labute approximate surface area is 282 Å². The Bertz CT molecular complexity index is 2280. The molecule has 8 aromatic rings. The van der Waals surface area contributed by atoms with E-state index in [0.717, 1.165) is 44.5 Å². The van der Waals surface area contributed by atoms with Crippen molar-refractivity contribution in [3.8, 4) is 22.5 Å². The Morgan fingerprint density at radius 3 is 2.16 bits per heavy atom. The smallest absolute Gasteiger partial charge is 0.135 e. The minimum absolute atomic E-state index is 0. The zero-order valence-corrected chi connectivity index (χ0v) is 30.1. The summed E-state index contributed by atoms with van der Waals surface area (Å²) in [5.74, 6) is 0. The summed E-state index contributed by atoms with van der Waals surface area (Å²) < 4.78 is 8.66. The molecule has 4 aromatic heterocycles. The van der Waals surface area contributed by atoms with Gasteiger partial charge in [0.15, 0.2) is 0 Å². The van der Waals surface area contributed by atoms with Crippen LogP contribution >= 0.6 is 11.3 Å². The first-order valence-corrected chi connectivity index (χ1v) is 19.1. The van der Waals surface area contributed by atoms with Crippen LogP contribution in [-0.2, 0) is 20.1 Å². The van der Waals surface area contributed by atoms with Crippen molar-refractivity contribution in [2.45, 2.75) is 33.5 Å². The van der Waals surface area contributed by atoms with E-state index in [9.17, 15) is 0 Å². The molecule has 0 unspecified atom stereocenters. The van der Waals surface area contributed by atoms with Crippen molar-refractivity contribution < 1.29 is 24.5 Å². The molecule has 0 aliphatic rings. The van der Waals surface area contributed by atoms with E-state index in [1.165, 1.54) is 36.5 Å². The van der Waals surface area contributed by atoms with E-state index < -0.39 is 8.07 Å². The number of pyridine rings is 2. The maximum absolute atomic E-state index is 6.13. The summed E-state index contributed by atoms with van der Waals surface area (Å²) in [5, 5.41) is 6.11. The van der Waals surface area contributed by atoms with E-state index in [2.05, 4.69) is 105 Å². The van der Waals surface area contributed by atoms with E-state index in [-0.39, 0.29) is 20.1 Å². The molecule has 45 heavy (non-hydrogen) atoms. The minimum Gasteiger partial charge on any atom is -0.457 e. The zero-order valence-electron chi connectivity index (χ0n) is 25.9. The molecule has 225 valence electrons. The van der Waals surface area contributed by atoms with Crippen molar-refractivity contribution in [2.75, 3.05) is 0 Å².